The molecule has 1 atom stereocenters. The van der Waals surface area contributed by atoms with E-state index in [2.05, 4.69) is 10.3 Å². The van der Waals surface area contributed by atoms with Crippen molar-refractivity contribution in [2.75, 3.05) is 0 Å². The average molecular weight is 178 g/mol. The fraction of sp³-hybridized carbons (Fsp3) is 0.333. The van der Waals surface area contributed by atoms with E-state index < -0.39 is 0 Å². The molecular weight excluding hydrogens is 168 g/mol. The molecule has 1 N–H and O–H groups in total. The highest BCUT2D eigenvalue weighted by Crippen LogP contribution is 2.10. The smallest absolute Gasteiger partial charge is 0.250 e. The number of hydrogen-bond acceptors (Lipinski definition) is 3. The normalized spacial score (nSPS) is 21.5. The number of rotatable bonds is 2. The predicted molar refractivity (Wildman–Crippen MR) is 47.5 cm³/mol. The van der Waals surface area contributed by atoms with E-state index in [4.69, 9.17) is 4.42 Å². The second kappa shape index (κ2) is 3.05. The Bertz CT molecular complexity index is 341. The lowest BCUT2D eigenvalue weighted by atomic mass is 10.2. The summed E-state index contributed by atoms with van der Waals surface area (Å²) in [5.74, 6) is 1.11. The third-order valence-electron chi connectivity index (χ3n) is 1.97. The highest BCUT2D eigenvalue weighted by atomic mass is 16.3. The lowest BCUT2D eigenvalue weighted by molar-refractivity contribution is -0.120. The first-order chi connectivity index (χ1) is 6.31. The van der Waals surface area contributed by atoms with Gasteiger partial charge in [0, 0.05) is 0 Å². The molecule has 1 aliphatic rings. The summed E-state index contributed by atoms with van der Waals surface area (Å²) in [7, 11) is 0. The second-order valence-corrected chi connectivity index (χ2v) is 2.87. The number of nitrogens with one attached hydrogen (secondary N) is 1. The number of nitrogens with zero attached hydrogens (tertiary/aromatic N) is 1. The summed E-state index contributed by atoms with van der Waals surface area (Å²) in [4.78, 5) is 15.4. The topological polar surface area (TPSA) is 54.6 Å². The van der Waals surface area contributed by atoms with Crippen LogP contribution in [0.2, 0.25) is 0 Å². The van der Waals surface area contributed by atoms with E-state index in [0.29, 0.717) is 11.6 Å². The van der Waals surface area contributed by atoms with Crippen LogP contribution in [0.3, 0.4) is 0 Å². The Balaban J connectivity index is 2.24. The minimum atomic E-state index is -0.250. The van der Waals surface area contributed by atoms with E-state index in [1.54, 1.807) is 18.4 Å². The Kier molecular flexibility index (Phi) is 1.88. The quantitative estimate of drug-likeness (QED) is 0.732. The van der Waals surface area contributed by atoms with Crippen molar-refractivity contribution in [3.63, 3.8) is 0 Å². The van der Waals surface area contributed by atoms with Gasteiger partial charge >= 0.3 is 0 Å². The molecule has 0 saturated heterocycles. The highest BCUT2D eigenvalue weighted by Gasteiger charge is 2.26. The number of furan rings is 1. The van der Waals surface area contributed by atoms with Crippen LogP contribution in [0.5, 0.6) is 0 Å². The second-order valence-electron chi connectivity index (χ2n) is 2.87. The van der Waals surface area contributed by atoms with Gasteiger partial charge in [-0.25, -0.2) is 0 Å². The minimum absolute atomic E-state index is 0.0473. The Morgan fingerprint density at radius 2 is 2.54 bits per heavy atom. The van der Waals surface area contributed by atoms with E-state index in [1.165, 1.54) is 0 Å². The molecular formula is C9H10N2O2. The van der Waals surface area contributed by atoms with E-state index in [-0.39, 0.29) is 11.9 Å². The van der Waals surface area contributed by atoms with Crippen LogP contribution in [0.15, 0.2) is 27.8 Å². The molecule has 0 aromatic carbocycles. The van der Waals surface area contributed by atoms with Crippen LogP contribution in [0.4, 0.5) is 0 Å². The van der Waals surface area contributed by atoms with E-state index >= 15 is 0 Å². The molecule has 4 heteroatoms. The zero-order valence-electron chi connectivity index (χ0n) is 7.28. The first-order valence-corrected chi connectivity index (χ1v) is 4.24. The summed E-state index contributed by atoms with van der Waals surface area (Å²) in [5.41, 5.74) is 0. The number of amidine groups is 1. The van der Waals surface area contributed by atoms with Crippen molar-refractivity contribution in [2.45, 2.75) is 19.4 Å². The Hall–Kier alpha value is -1.58. The molecule has 4 nitrogen and oxygen atoms in total. The van der Waals surface area contributed by atoms with Crippen molar-refractivity contribution in [3.05, 3.63) is 24.2 Å². The molecule has 2 heterocycles. The summed E-state index contributed by atoms with van der Waals surface area (Å²) in [6.45, 7) is 1.93. The van der Waals surface area contributed by atoms with Gasteiger partial charge in [-0.3, -0.25) is 9.79 Å². The molecule has 68 valence electrons. The molecule has 0 aliphatic carbocycles. The van der Waals surface area contributed by atoms with Gasteiger partial charge in [0.15, 0.2) is 11.6 Å². The van der Waals surface area contributed by atoms with Gasteiger partial charge in [0.05, 0.1) is 6.26 Å². The fourth-order valence-electron chi connectivity index (χ4n) is 1.26. The maximum absolute atomic E-state index is 11.2. The summed E-state index contributed by atoms with van der Waals surface area (Å²) >= 11 is 0. The molecule has 0 fully saturated rings. The highest BCUT2D eigenvalue weighted by molar-refractivity contribution is 6.12. The van der Waals surface area contributed by atoms with E-state index in [1.807, 2.05) is 6.92 Å². The molecule has 0 saturated carbocycles. The maximum Gasteiger partial charge on any atom is 0.250 e. The van der Waals surface area contributed by atoms with Crippen LogP contribution in [0, 0.1) is 0 Å². The van der Waals surface area contributed by atoms with Gasteiger partial charge < -0.3 is 9.73 Å². The molecule has 1 amide bonds. The van der Waals surface area contributed by atoms with Crippen molar-refractivity contribution in [3.8, 4) is 0 Å². The lowest BCUT2D eigenvalue weighted by Crippen LogP contribution is -2.28. The fourth-order valence-corrected chi connectivity index (χ4v) is 1.26. The van der Waals surface area contributed by atoms with E-state index in [9.17, 15) is 4.79 Å². The number of amides is 1. The Labute approximate surface area is 75.7 Å². The van der Waals surface area contributed by atoms with E-state index in [0.717, 1.165) is 6.42 Å². The predicted octanol–water partition coefficient (Wildman–Crippen LogP) is 0.935. The van der Waals surface area contributed by atoms with Crippen LogP contribution >= 0.6 is 0 Å². The SMILES string of the molecule is CCC1N=C(c2ccco2)NC1=O. The van der Waals surface area contributed by atoms with Crippen molar-refractivity contribution < 1.29 is 9.21 Å². The zero-order chi connectivity index (χ0) is 9.26. The monoisotopic (exact) mass is 178 g/mol. The minimum Gasteiger partial charge on any atom is -0.461 e. The van der Waals surface area contributed by atoms with Gasteiger partial charge in [-0.05, 0) is 18.6 Å². The summed E-state index contributed by atoms with van der Waals surface area (Å²) < 4.78 is 5.11. The first kappa shape index (κ1) is 8.04. The first-order valence-electron chi connectivity index (χ1n) is 4.24. The summed E-state index contributed by atoms with van der Waals surface area (Å²) in [5, 5.41) is 2.67. The molecule has 2 rings (SSSR count). The largest absolute Gasteiger partial charge is 0.461 e. The molecule has 1 aromatic heterocycles. The molecule has 1 unspecified atom stereocenters. The zero-order valence-corrected chi connectivity index (χ0v) is 7.28. The van der Waals surface area contributed by atoms with Crippen molar-refractivity contribution >= 4 is 11.7 Å². The number of aliphatic imine (C=N–C) groups is 1. The van der Waals surface area contributed by atoms with Gasteiger partial charge in [-0.15, -0.1) is 0 Å². The molecule has 0 radical (unpaired) electrons. The Morgan fingerprint density at radius 1 is 1.69 bits per heavy atom. The van der Waals surface area contributed by atoms with Gasteiger partial charge in [-0.2, -0.15) is 0 Å². The average Bonchev–Trinajstić information content (AvgIpc) is 2.71. The van der Waals surface area contributed by atoms with Crippen molar-refractivity contribution in [1.82, 2.24) is 5.32 Å². The van der Waals surface area contributed by atoms with Gasteiger partial charge in [0.25, 0.3) is 0 Å². The standard InChI is InChI=1S/C9H10N2O2/c1-2-6-9(12)11-8(10-6)7-4-3-5-13-7/h3-6H,2H2,1H3,(H,10,11,12). The van der Waals surface area contributed by atoms with Crippen LogP contribution < -0.4 is 5.32 Å². The van der Waals surface area contributed by atoms with Gasteiger partial charge in [0.2, 0.25) is 5.91 Å². The van der Waals surface area contributed by atoms with Crippen molar-refractivity contribution in [2.24, 2.45) is 4.99 Å². The lowest BCUT2D eigenvalue weighted by Gasteiger charge is -1.96. The van der Waals surface area contributed by atoms with Gasteiger partial charge in [0.1, 0.15) is 6.04 Å². The molecule has 0 bridgehead atoms. The third kappa shape index (κ3) is 1.35. The Morgan fingerprint density at radius 3 is 3.08 bits per heavy atom. The van der Waals surface area contributed by atoms with Crippen LogP contribution in [-0.2, 0) is 4.79 Å². The number of hydrogen-bond donors (Lipinski definition) is 1. The van der Waals surface area contributed by atoms with Gasteiger partial charge in [-0.1, -0.05) is 6.92 Å². The maximum atomic E-state index is 11.2. The van der Waals surface area contributed by atoms with Crippen LogP contribution in [0.1, 0.15) is 19.1 Å². The van der Waals surface area contributed by atoms with Crippen molar-refractivity contribution in [1.29, 1.82) is 0 Å². The summed E-state index contributed by atoms with van der Waals surface area (Å²) in [6, 6.07) is 3.29. The third-order valence-corrected chi connectivity index (χ3v) is 1.97. The summed E-state index contributed by atoms with van der Waals surface area (Å²) in [6.07, 6.45) is 2.28. The van der Waals surface area contributed by atoms with Crippen LogP contribution in [-0.4, -0.2) is 17.8 Å². The number of carbonyl (C=O) groups excluding carboxylic acids is 1. The molecule has 13 heavy (non-hydrogen) atoms. The number of carbonyl (C=O) groups is 1. The molecule has 1 aromatic rings. The molecule has 1 aliphatic heterocycles. The molecule has 0 spiro atoms. The van der Waals surface area contributed by atoms with Crippen LogP contribution in [0.25, 0.3) is 0 Å².